The van der Waals surface area contributed by atoms with Crippen LogP contribution in [0.2, 0.25) is 0 Å². The van der Waals surface area contributed by atoms with E-state index in [1.54, 1.807) is 0 Å². The molecule has 1 fully saturated rings. The molecule has 0 unspecified atom stereocenters. The fourth-order valence-corrected chi connectivity index (χ4v) is 2.59. The summed E-state index contributed by atoms with van der Waals surface area (Å²) in [6.45, 7) is 8.73. The summed E-state index contributed by atoms with van der Waals surface area (Å²) >= 11 is 0. The lowest BCUT2D eigenvalue weighted by atomic mass is 9.97. The number of rotatable bonds is 1. The van der Waals surface area contributed by atoms with Crippen LogP contribution in [0.4, 0.5) is 0 Å². The maximum absolute atomic E-state index is 11.8. The first kappa shape index (κ1) is 11.7. The molecule has 0 aliphatic carbocycles. The Morgan fingerprint density at radius 3 is 2.29 bits per heavy atom. The number of hydrogen-bond donors (Lipinski definition) is 0. The lowest BCUT2D eigenvalue weighted by molar-refractivity contribution is 0.0457. The molecule has 1 rings (SSSR count). The Bertz CT molecular complexity index is 306. The SMILES string of the molecule is CC(C)=C=CP1(=O)OCC(C)(C)CO1. The first-order valence-electron chi connectivity index (χ1n) is 4.63. The van der Waals surface area contributed by atoms with E-state index in [-0.39, 0.29) is 5.41 Å². The van der Waals surface area contributed by atoms with Crippen molar-refractivity contribution in [2.24, 2.45) is 5.41 Å². The van der Waals surface area contributed by atoms with Crippen molar-refractivity contribution in [3.8, 4) is 0 Å². The summed E-state index contributed by atoms with van der Waals surface area (Å²) in [7, 11) is -3.00. The standard InChI is InChI=1S/C10H17O3P/c1-9(2)5-6-14(11)12-7-10(3,4)8-13-14/h6H,7-8H2,1-4H3. The third-order valence-corrected chi connectivity index (χ3v) is 3.21. The molecule has 80 valence electrons. The highest BCUT2D eigenvalue weighted by atomic mass is 31.2. The van der Waals surface area contributed by atoms with Gasteiger partial charge in [0.05, 0.1) is 19.0 Å². The van der Waals surface area contributed by atoms with Gasteiger partial charge in [-0.05, 0) is 19.4 Å². The van der Waals surface area contributed by atoms with Crippen molar-refractivity contribution in [1.82, 2.24) is 0 Å². The van der Waals surface area contributed by atoms with Crippen molar-refractivity contribution in [1.29, 1.82) is 0 Å². The van der Waals surface area contributed by atoms with Gasteiger partial charge in [0.2, 0.25) is 0 Å². The van der Waals surface area contributed by atoms with Crippen LogP contribution in [0.15, 0.2) is 17.1 Å². The van der Waals surface area contributed by atoms with Gasteiger partial charge in [-0.1, -0.05) is 13.8 Å². The van der Waals surface area contributed by atoms with E-state index in [0.29, 0.717) is 13.2 Å². The second-order valence-corrected chi connectivity index (χ2v) is 6.38. The summed E-state index contributed by atoms with van der Waals surface area (Å²) in [6, 6.07) is 0. The summed E-state index contributed by atoms with van der Waals surface area (Å²) in [6.07, 6.45) is 0. The van der Waals surface area contributed by atoms with E-state index in [4.69, 9.17) is 9.05 Å². The minimum Gasteiger partial charge on any atom is -0.305 e. The van der Waals surface area contributed by atoms with Gasteiger partial charge in [0.1, 0.15) is 0 Å². The Morgan fingerprint density at radius 1 is 1.36 bits per heavy atom. The molecule has 0 aromatic heterocycles. The zero-order valence-electron chi connectivity index (χ0n) is 9.16. The molecule has 1 heterocycles. The van der Waals surface area contributed by atoms with Gasteiger partial charge in [0.25, 0.3) is 0 Å². The van der Waals surface area contributed by atoms with Crippen LogP contribution in [0, 0.1) is 5.41 Å². The van der Waals surface area contributed by atoms with Gasteiger partial charge in [-0.25, -0.2) is 0 Å². The summed E-state index contributed by atoms with van der Waals surface area (Å²) in [5.41, 5.74) is 3.77. The maximum atomic E-state index is 11.8. The largest absolute Gasteiger partial charge is 0.361 e. The van der Waals surface area contributed by atoms with E-state index in [1.165, 1.54) is 5.82 Å². The molecule has 0 amide bonds. The van der Waals surface area contributed by atoms with E-state index < -0.39 is 7.60 Å². The summed E-state index contributed by atoms with van der Waals surface area (Å²) < 4.78 is 22.3. The first-order valence-corrected chi connectivity index (χ1v) is 6.24. The lowest BCUT2D eigenvalue weighted by Crippen LogP contribution is -2.28. The Balaban J connectivity index is 2.73. The van der Waals surface area contributed by atoms with Crippen LogP contribution in [-0.4, -0.2) is 13.2 Å². The molecule has 0 bridgehead atoms. The second kappa shape index (κ2) is 4.04. The van der Waals surface area contributed by atoms with Crippen molar-refractivity contribution < 1.29 is 13.6 Å². The van der Waals surface area contributed by atoms with Crippen molar-refractivity contribution in [2.45, 2.75) is 27.7 Å². The maximum Gasteiger partial charge on any atom is 0.361 e. The van der Waals surface area contributed by atoms with Crippen molar-refractivity contribution in [3.05, 3.63) is 17.1 Å². The Kier molecular flexibility index (Phi) is 3.39. The third kappa shape index (κ3) is 3.43. The Morgan fingerprint density at radius 2 is 1.86 bits per heavy atom. The first-order chi connectivity index (χ1) is 6.33. The van der Waals surface area contributed by atoms with Gasteiger partial charge in [-0.2, -0.15) is 0 Å². The second-order valence-electron chi connectivity index (χ2n) is 4.52. The minimum absolute atomic E-state index is 0.0489. The zero-order chi connectivity index (χ0) is 10.8. The molecule has 1 aliphatic rings. The molecular formula is C10H17O3P. The van der Waals surface area contributed by atoms with Crippen molar-refractivity contribution in [3.63, 3.8) is 0 Å². The van der Waals surface area contributed by atoms with Crippen LogP contribution in [0.25, 0.3) is 0 Å². The van der Waals surface area contributed by atoms with Gasteiger partial charge in [-0.15, -0.1) is 5.73 Å². The highest BCUT2D eigenvalue weighted by Gasteiger charge is 2.34. The van der Waals surface area contributed by atoms with E-state index in [2.05, 4.69) is 5.73 Å². The van der Waals surface area contributed by atoms with Crippen LogP contribution in [-0.2, 0) is 13.6 Å². The summed E-state index contributed by atoms with van der Waals surface area (Å²) in [5, 5.41) is 0. The molecular weight excluding hydrogens is 199 g/mol. The fourth-order valence-electron chi connectivity index (χ4n) is 0.891. The molecule has 0 aromatic carbocycles. The molecule has 0 radical (unpaired) electrons. The van der Waals surface area contributed by atoms with Crippen LogP contribution in [0.5, 0.6) is 0 Å². The van der Waals surface area contributed by atoms with Crippen molar-refractivity contribution >= 4 is 7.60 Å². The predicted molar refractivity (Wildman–Crippen MR) is 56.2 cm³/mol. The molecule has 0 N–H and O–H groups in total. The van der Waals surface area contributed by atoms with Crippen LogP contribution >= 0.6 is 7.60 Å². The predicted octanol–water partition coefficient (Wildman–Crippen LogP) is 3.33. The molecule has 0 spiro atoms. The van der Waals surface area contributed by atoms with Crippen LogP contribution in [0.1, 0.15) is 27.7 Å². The normalized spacial score (nSPS) is 23.7. The van der Waals surface area contributed by atoms with Crippen LogP contribution in [0.3, 0.4) is 0 Å². The van der Waals surface area contributed by atoms with Gasteiger partial charge in [0, 0.05) is 5.41 Å². The summed E-state index contributed by atoms with van der Waals surface area (Å²) in [4.78, 5) is 0. The zero-order valence-corrected chi connectivity index (χ0v) is 10.1. The Labute approximate surface area is 85.3 Å². The van der Waals surface area contributed by atoms with Crippen LogP contribution < -0.4 is 0 Å². The molecule has 0 saturated carbocycles. The van der Waals surface area contributed by atoms with Crippen molar-refractivity contribution in [2.75, 3.05) is 13.2 Å². The van der Waals surface area contributed by atoms with E-state index in [9.17, 15) is 4.57 Å². The molecule has 4 heteroatoms. The average Bonchev–Trinajstić information content (AvgIpc) is 2.08. The van der Waals surface area contributed by atoms with E-state index in [0.717, 1.165) is 5.57 Å². The monoisotopic (exact) mass is 216 g/mol. The highest BCUT2D eigenvalue weighted by Crippen LogP contribution is 2.54. The number of hydrogen-bond acceptors (Lipinski definition) is 3. The molecule has 14 heavy (non-hydrogen) atoms. The van der Waals surface area contributed by atoms with Gasteiger partial charge < -0.3 is 9.05 Å². The summed E-state index contributed by atoms with van der Waals surface area (Å²) in [5.74, 6) is 1.41. The molecule has 0 atom stereocenters. The molecule has 1 saturated heterocycles. The van der Waals surface area contributed by atoms with Gasteiger partial charge in [0.15, 0.2) is 0 Å². The molecule has 1 aliphatic heterocycles. The average molecular weight is 216 g/mol. The van der Waals surface area contributed by atoms with Gasteiger partial charge >= 0.3 is 7.60 Å². The third-order valence-electron chi connectivity index (χ3n) is 1.78. The lowest BCUT2D eigenvalue weighted by Gasteiger charge is -2.32. The highest BCUT2D eigenvalue weighted by molar-refractivity contribution is 7.57. The molecule has 3 nitrogen and oxygen atoms in total. The smallest absolute Gasteiger partial charge is 0.305 e. The minimum atomic E-state index is -3.00. The Hall–Kier alpha value is -0.330. The van der Waals surface area contributed by atoms with E-state index >= 15 is 0 Å². The van der Waals surface area contributed by atoms with Gasteiger partial charge in [-0.3, -0.25) is 4.57 Å². The molecule has 0 aromatic rings. The fraction of sp³-hybridized carbons (Fsp3) is 0.700. The quantitative estimate of drug-likeness (QED) is 0.498. The van der Waals surface area contributed by atoms with E-state index in [1.807, 2.05) is 27.7 Å². The topological polar surface area (TPSA) is 35.5 Å². The number of allylic oxidation sites excluding steroid dienone is 1.